The Bertz CT molecular complexity index is 727. The number of rotatable bonds is 15. The molecule has 6 amide bonds. The van der Waals surface area contributed by atoms with Gasteiger partial charge in [0, 0.05) is 12.8 Å². The molecule has 15 heteroatoms. The molecule has 0 aromatic rings. The van der Waals surface area contributed by atoms with E-state index in [0.717, 1.165) is 0 Å². The second kappa shape index (κ2) is 13.5. The SMILES string of the molecule is NCC(=O)N[C@@H](CC(N)=O)C(=O)N[C@@H](CCC(N)=O)C(=O)N[C@@H](CCC(N)=O)C(=O)O. The quantitative estimate of drug-likeness (QED) is 0.119. The number of nitrogens with two attached hydrogens (primary N) is 4. The number of carbonyl (C=O) groups excluding carboxylic acids is 6. The average molecular weight is 445 g/mol. The number of nitrogens with one attached hydrogen (secondary N) is 3. The van der Waals surface area contributed by atoms with Crippen molar-refractivity contribution in [3.63, 3.8) is 0 Å². The topological polar surface area (TPSA) is 280 Å². The summed E-state index contributed by atoms with van der Waals surface area (Å²) in [7, 11) is 0. The van der Waals surface area contributed by atoms with Crippen LogP contribution in [-0.4, -0.2) is 71.2 Å². The minimum absolute atomic E-state index is 0.316. The van der Waals surface area contributed by atoms with Crippen molar-refractivity contribution in [2.45, 2.75) is 50.2 Å². The summed E-state index contributed by atoms with van der Waals surface area (Å²) in [4.78, 5) is 80.9. The molecule has 0 aliphatic carbocycles. The molecule has 0 heterocycles. The van der Waals surface area contributed by atoms with E-state index < -0.39 is 72.5 Å². The first-order valence-corrected chi connectivity index (χ1v) is 9.05. The zero-order valence-corrected chi connectivity index (χ0v) is 16.6. The third kappa shape index (κ3) is 11.7. The first kappa shape index (κ1) is 27.2. The van der Waals surface area contributed by atoms with Crippen molar-refractivity contribution in [2.24, 2.45) is 22.9 Å². The Morgan fingerprint density at radius 3 is 1.55 bits per heavy atom. The molecule has 174 valence electrons. The number of carboxylic acid groups (broad SMARTS) is 1. The second-order valence-corrected chi connectivity index (χ2v) is 6.47. The summed E-state index contributed by atoms with van der Waals surface area (Å²) < 4.78 is 0. The minimum Gasteiger partial charge on any atom is -0.480 e. The molecule has 0 saturated carbocycles. The van der Waals surface area contributed by atoms with Crippen LogP contribution in [0, 0.1) is 0 Å². The molecule has 0 aromatic carbocycles. The fraction of sp³-hybridized carbons (Fsp3) is 0.562. The van der Waals surface area contributed by atoms with Gasteiger partial charge < -0.3 is 44.0 Å². The fourth-order valence-electron chi connectivity index (χ4n) is 2.31. The van der Waals surface area contributed by atoms with Crippen LogP contribution >= 0.6 is 0 Å². The second-order valence-electron chi connectivity index (χ2n) is 6.47. The molecular formula is C16H27N7O8. The predicted molar refractivity (Wildman–Crippen MR) is 103 cm³/mol. The maximum absolute atomic E-state index is 12.5. The molecule has 15 nitrogen and oxygen atoms in total. The molecule has 0 bridgehead atoms. The molecule has 0 aliphatic rings. The number of amides is 6. The highest BCUT2D eigenvalue weighted by atomic mass is 16.4. The van der Waals surface area contributed by atoms with Gasteiger partial charge in [0.1, 0.15) is 18.1 Å². The first-order chi connectivity index (χ1) is 14.4. The van der Waals surface area contributed by atoms with Gasteiger partial charge in [0.05, 0.1) is 13.0 Å². The number of aliphatic carboxylic acids is 1. The van der Waals surface area contributed by atoms with Crippen LogP contribution in [0.3, 0.4) is 0 Å². The van der Waals surface area contributed by atoms with Gasteiger partial charge in [0.25, 0.3) is 0 Å². The van der Waals surface area contributed by atoms with Crippen LogP contribution in [0.25, 0.3) is 0 Å². The molecule has 3 atom stereocenters. The lowest BCUT2D eigenvalue weighted by atomic mass is 10.1. The Hall–Kier alpha value is -3.75. The van der Waals surface area contributed by atoms with Crippen molar-refractivity contribution in [3.05, 3.63) is 0 Å². The van der Waals surface area contributed by atoms with Gasteiger partial charge in [-0.05, 0) is 12.8 Å². The van der Waals surface area contributed by atoms with Crippen LogP contribution in [0.15, 0.2) is 0 Å². The van der Waals surface area contributed by atoms with Crippen molar-refractivity contribution in [2.75, 3.05) is 6.54 Å². The monoisotopic (exact) mass is 445 g/mol. The van der Waals surface area contributed by atoms with E-state index in [9.17, 15) is 38.7 Å². The minimum atomic E-state index is -1.51. The number of carboxylic acids is 1. The van der Waals surface area contributed by atoms with Crippen molar-refractivity contribution >= 4 is 41.4 Å². The van der Waals surface area contributed by atoms with E-state index in [4.69, 9.17) is 22.9 Å². The molecule has 0 aromatic heterocycles. The molecule has 0 aliphatic heterocycles. The summed E-state index contributed by atoms with van der Waals surface area (Å²) >= 11 is 0. The molecular weight excluding hydrogens is 418 g/mol. The Morgan fingerprint density at radius 2 is 1.13 bits per heavy atom. The smallest absolute Gasteiger partial charge is 0.326 e. The third-order valence-electron chi connectivity index (χ3n) is 3.85. The van der Waals surface area contributed by atoms with E-state index in [1.165, 1.54) is 0 Å². The van der Waals surface area contributed by atoms with Gasteiger partial charge in [-0.25, -0.2) is 4.79 Å². The normalized spacial score (nSPS) is 13.2. The Balaban J connectivity index is 5.46. The highest BCUT2D eigenvalue weighted by Gasteiger charge is 2.30. The van der Waals surface area contributed by atoms with E-state index in [0.29, 0.717) is 0 Å². The number of hydrogen-bond acceptors (Lipinski definition) is 8. The van der Waals surface area contributed by atoms with Crippen molar-refractivity contribution in [1.82, 2.24) is 16.0 Å². The fourth-order valence-corrected chi connectivity index (χ4v) is 2.31. The van der Waals surface area contributed by atoms with Crippen LogP contribution in [0.5, 0.6) is 0 Å². The van der Waals surface area contributed by atoms with E-state index in [1.807, 2.05) is 0 Å². The maximum atomic E-state index is 12.5. The summed E-state index contributed by atoms with van der Waals surface area (Å²) in [6.45, 7) is -0.492. The molecule has 0 radical (unpaired) electrons. The average Bonchev–Trinajstić information content (AvgIpc) is 2.66. The van der Waals surface area contributed by atoms with Crippen LogP contribution < -0.4 is 38.9 Å². The molecule has 0 saturated heterocycles. The van der Waals surface area contributed by atoms with Crippen molar-refractivity contribution in [1.29, 1.82) is 0 Å². The molecule has 0 unspecified atom stereocenters. The van der Waals surface area contributed by atoms with Crippen molar-refractivity contribution < 1.29 is 38.7 Å². The lowest BCUT2D eigenvalue weighted by Crippen LogP contribution is -2.57. The van der Waals surface area contributed by atoms with Crippen LogP contribution in [0.4, 0.5) is 0 Å². The van der Waals surface area contributed by atoms with Crippen molar-refractivity contribution in [3.8, 4) is 0 Å². The van der Waals surface area contributed by atoms with Crippen LogP contribution in [-0.2, 0) is 33.6 Å². The molecule has 12 N–H and O–H groups in total. The van der Waals surface area contributed by atoms with Gasteiger partial charge in [0.15, 0.2) is 0 Å². The summed E-state index contributed by atoms with van der Waals surface area (Å²) in [5.74, 6) is -6.78. The summed E-state index contributed by atoms with van der Waals surface area (Å²) in [6, 6.07) is -4.44. The summed E-state index contributed by atoms with van der Waals surface area (Å²) in [6.07, 6.45) is -1.93. The largest absolute Gasteiger partial charge is 0.480 e. The van der Waals surface area contributed by atoms with Crippen LogP contribution in [0.1, 0.15) is 32.1 Å². The molecule has 0 spiro atoms. The van der Waals surface area contributed by atoms with Gasteiger partial charge in [-0.1, -0.05) is 0 Å². The number of primary amides is 3. The number of hydrogen-bond donors (Lipinski definition) is 8. The van der Waals surface area contributed by atoms with E-state index >= 15 is 0 Å². The zero-order chi connectivity index (χ0) is 24.1. The highest BCUT2D eigenvalue weighted by molar-refractivity contribution is 5.95. The standard InChI is InChI=1S/C16H27N7O8/c17-6-13(27)21-9(5-12(20)26)15(29)22-7(1-3-10(18)24)14(28)23-8(16(30)31)2-4-11(19)25/h7-9H,1-6,17H2,(H2,18,24)(H2,19,25)(H2,20,26)(H,21,27)(H,22,29)(H,23,28)(H,30,31)/t7-,8-,9-/m0/s1. The molecule has 0 fully saturated rings. The summed E-state index contributed by atoms with van der Waals surface area (Å²) in [5.41, 5.74) is 20.2. The lowest BCUT2D eigenvalue weighted by Gasteiger charge is -2.23. The Morgan fingerprint density at radius 1 is 0.677 bits per heavy atom. The van der Waals surface area contributed by atoms with Gasteiger partial charge in [-0.15, -0.1) is 0 Å². The number of carbonyl (C=O) groups is 7. The lowest BCUT2D eigenvalue weighted by molar-refractivity contribution is -0.143. The van der Waals surface area contributed by atoms with E-state index in [-0.39, 0.29) is 25.7 Å². The third-order valence-corrected chi connectivity index (χ3v) is 3.85. The highest BCUT2D eigenvalue weighted by Crippen LogP contribution is 2.04. The van der Waals surface area contributed by atoms with Gasteiger partial charge >= 0.3 is 5.97 Å². The zero-order valence-electron chi connectivity index (χ0n) is 16.6. The Kier molecular flexibility index (Phi) is 11.8. The maximum Gasteiger partial charge on any atom is 0.326 e. The van der Waals surface area contributed by atoms with Gasteiger partial charge in [-0.3, -0.25) is 28.8 Å². The molecule has 31 heavy (non-hydrogen) atoms. The Labute approximate surface area is 176 Å². The van der Waals surface area contributed by atoms with Gasteiger partial charge in [0.2, 0.25) is 35.4 Å². The molecule has 0 rings (SSSR count). The first-order valence-electron chi connectivity index (χ1n) is 9.05. The van der Waals surface area contributed by atoms with E-state index in [1.54, 1.807) is 0 Å². The van der Waals surface area contributed by atoms with Gasteiger partial charge in [-0.2, -0.15) is 0 Å². The summed E-state index contributed by atoms with van der Waals surface area (Å²) in [5, 5.41) is 15.7. The predicted octanol–water partition coefficient (Wildman–Crippen LogP) is -5.11. The van der Waals surface area contributed by atoms with E-state index in [2.05, 4.69) is 16.0 Å². The van der Waals surface area contributed by atoms with Crippen LogP contribution in [0.2, 0.25) is 0 Å².